The summed E-state index contributed by atoms with van der Waals surface area (Å²) in [4.78, 5) is 12.1. The number of rotatable bonds is 8. The smallest absolute Gasteiger partial charge is 0.387 e. The number of carbonyl (C=O) groups excluding carboxylic acids is 1. The van der Waals surface area contributed by atoms with Crippen molar-refractivity contribution in [3.63, 3.8) is 0 Å². The lowest BCUT2D eigenvalue weighted by molar-refractivity contribution is -0.116. The van der Waals surface area contributed by atoms with Gasteiger partial charge in [0, 0.05) is 24.2 Å². The molecule has 0 heterocycles. The Morgan fingerprint density at radius 3 is 2.46 bits per heavy atom. The Morgan fingerprint density at radius 1 is 1.12 bits per heavy atom. The van der Waals surface area contributed by atoms with Crippen molar-refractivity contribution in [2.24, 2.45) is 0 Å². The summed E-state index contributed by atoms with van der Waals surface area (Å²) < 4.78 is 55.5. The number of hydrogen-bond donors (Lipinski definition) is 2. The topological polar surface area (TPSA) is 84.5 Å². The Kier molecular flexibility index (Phi) is 6.64. The molecule has 2 aromatic rings. The van der Waals surface area contributed by atoms with Crippen molar-refractivity contribution in [1.82, 2.24) is 4.72 Å². The molecule has 0 bridgehead atoms. The van der Waals surface area contributed by atoms with E-state index in [9.17, 15) is 22.0 Å². The van der Waals surface area contributed by atoms with Crippen LogP contribution in [-0.4, -0.2) is 27.5 Å². The third kappa shape index (κ3) is 5.50. The zero-order valence-electron chi connectivity index (χ0n) is 13.9. The Labute approximate surface area is 150 Å². The molecular formula is C17H18F2N2O4S. The number of hydrogen-bond acceptors (Lipinski definition) is 4. The van der Waals surface area contributed by atoms with Gasteiger partial charge in [-0.2, -0.15) is 8.78 Å². The molecule has 26 heavy (non-hydrogen) atoms. The molecule has 6 nitrogen and oxygen atoms in total. The zero-order chi connectivity index (χ0) is 19.2. The first-order valence-electron chi connectivity index (χ1n) is 7.68. The Balaban J connectivity index is 1.92. The van der Waals surface area contributed by atoms with Gasteiger partial charge in [0.05, 0.1) is 4.90 Å². The minimum atomic E-state index is -3.69. The number of amides is 1. The molecule has 9 heteroatoms. The summed E-state index contributed by atoms with van der Waals surface area (Å²) in [6.07, 6.45) is -0.120. The maximum Gasteiger partial charge on any atom is 0.387 e. The molecule has 2 N–H and O–H groups in total. The first-order chi connectivity index (χ1) is 12.3. The second kappa shape index (κ2) is 8.72. The first kappa shape index (κ1) is 19.8. The van der Waals surface area contributed by atoms with Crippen molar-refractivity contribution in [2.75, 3.05) is 11.9 Å². The zero-order valence-corrected chi connectivity index (χ0v) is 14.7. The number of alkyl halides is 2. The molecule has 0 aliphatic rings. The van der Waals surface area contributed by atoms with E-state index in [-0.39, 0.29) is 23.6 Å². The van der Waals surface area contributed by atoms with Gasteiger partial charge in [-0.25, -0.2) is 13.1 Å². The van der Waals surface area contributed by atoms with Crippen LogP contribution in [0.5, 0.6) is 5.75 Å². The van der Waals surface area contributed by atoms with E-state index in [0.29, 0.717) is 11.3 Å². The van der Waals surface area contributed by atoms with E-state index in [4.69, 9.17) is 0 Å². The van der Waals surface area contributed by atoms with Crippen molar-refractivity contribution in [3.05, 3.63) is 54.1 Å². The predicted molar refractivity (Wildman–Crippen MR) is 92.7 cm³/mol. The molecule has 0 atom stereocenters. The van der Waals surface area contributed by atoms with Gasteiger partial charge in [0.25, 0.3) is 0 Å². The second-order valence-electron chi connectivity index (χ2n) is 5.32. The maximum absolute atomic E-state index is 12.3. The fourth-order valence-electron chi connectivity index (χ4n) is 2.17. The van der Waals surface area contributed by atoms with Crippen LogP contribution in [0.3, 0.4) is 0 Å². The fraction of sp³-hybridized carbons (Fsp3) is 0.235. The molecule has 0 spiro atoms. The molecule has 0 unspecified atom stereocenters. The van der Waals surface area contributed by atoms with Gasteiger partial charge in [-0.15, -0.1) is 0 Å². The van der Waals surface area contributed by atoms with Gasteiger partial charge in [0.2, 0.25) is 15.9 Å². The largest absolute Gasteiger partial charge is 0.434 e. The van der Waals surface area contributed by atoms with E-state index >= 15 is 0 Å². The highest BCUT2D eigenvalue weighted by molar-refractivity contribution is 7.89. The summed E-state index contributed by atoms with van der Waals surface area (Å²) >= 11 is 0. The van der Waals surface area contributed by atoms with Crippen LogP contribution in [0, 0.1) is 6.92 Å². The highest BCUT2D eigenvalue weighted by atomic mass is 32.2. The van der Waals surface area contributed by atoms with Crippen LogP contribution < -0.4 is 14.8 Å². The van der Waals surface area contributed by atoms with Crippen molar-refractivity contribution in [2.45, 2.75) is 24.9 Å². The van der Waals surface area contributed by atoms with Gasteiger partial charge in [-0.3, -0.25) is 4.79 Å². The van der Waals surface area contributed by atoms with Crippen LogP contribution in [0.2, 0.25) is 0 Å². The molecular weight excluding hydrogens is 366 g/mol. The highest BCUT2D eigenvalue weighted by Crippen LogP contribution is 2.26. The molecule has 0 aliphatic carbocycles. The summed E-state index contributed by atoms with van der Waals surface area (Å²) in [7, 11) is -3.69. The van der Waals surface area contributed by atoms with Crippen LogP contribution in [0.1, 0.15) is 12.0 Å². The summed E-state index contributed by atoms with van der Waals surface area (Å²) in [5.41, 5.74) is 0.671. The number of anilines is 1. The van der Waals surface area contributed by atoms with Crippen LogP contribution in [0.4, 0.5) is 14.5 Å². The monoisotopic (exact) mass is 384 g/mol. The van der Waals surface area contributed by atoms with Crippen molar-refractivity contribution in [1.29, 1.82) is 0 Å². The van der Waals surface area contributed by atoms with Crippen molar-refractivity contribution >= 4 is 21.6 Å². The minimum Gasteiger partial charge on any atom is -0.434 e. The third-order valence-electron chi connectivity index (χ3n) is 3.47. The number of halogens is 2. The third-order valence-corrected chi connectivity index (χ3v) is 4.95. The molecule has 0 saturated carbocycles. The average molecular weight is 384 g/mol. The van der Waals surface area contributed by atoms with Crippen LogP contribution in [-0.2, 0) is 14.8 Å². The molecule has 0 radical (unpaired) electrons. The van der Waals surface area contributed by atoms with E-state index in [2.05, 4.69) is 14.8 Å². The number of benzene rings is 2. The van der Waals surface area contributed by atoms with E-state index < -0.39 is 22.5 Å². The number of ether oxygens (including phenoxy) is 1. The average Bonchev–Trinajstić information content (AvgIpc) is 2.59. The van der Waals surface area contributed by atoms with Gasteiger partial charge in [-0.1, -0.05) is 24.3 Å². The Hall–Kier alpha value is -2.52. The van der Waals surface area contributed by atoms with Crippen LogP contribution >= 0.6 is 0 Å². The molecule has 140 valence electrons. The molecule has 2 aromatic carbocycles. The van der Waals surface area contributed by atoms with Crippen LogP contribution in [0.25, 0.3) is 0 Å². The highest BCUT2D eigenvalue weighted by Gasteiger charge is 2.15. The lowest BCUT2D eigenvalue weighted by atomic mass is 10.1. The summed E-state index contributed by atoms with van der Waals surface area (Å²) in [5, 5.41) is 2.55. The first-order valence-corrected chi connectivity index (χ1v) is 9.17. The van der Waals surface area contributed by atoms with E-state index in [1.165, 1.54) is 31.2 Å². The van der Waals surface area contributed by atoms with Gasteiger partial charge in [0.15, 0.2) is 0 Å². The number of sulfonamides is 1. The molecule has 2 rings (SSSR count). The predicted octanol–water partition coefficient (Wildman–Crippen LogP) is 2.90. The lowest BCUT2D eigenvalue weighted by Gasteiger charge is -2.13. The van der Waals surface area contributed by atoms with Crippen molar-refractivity contribution < 1.29 is 26.7 Å². The van der Waals surface area contributed by atoms with Crippen LogP contribution in [0.15, 0.2) is 53.4 Å². The second-order valence-corrected chi connectivity index (χ2v) is 7.08. The quantitative estimate of drug-likeness (QED) is 0.733. The summed E-state index contributed by atoms with van der Waals surface area (Å²) in [6, 6.07) is 12.2. The normalized spacial score (nSPS) is 11.4. The number of nitrogens with one attached hydrogen (secondary N) is 2. The SMILES string of the molecule is Cc1c(NC(=O)CCNS(=O)(=O)c2ccccc2)cccc1OC(F)F. The lowest BCUT2D eigenvalue weighted by Crippen LogP contribution is -2.27. The van der Waals surface area contributed by atoms with E-state index in [1.54, 1.807) is 24.3 Å². The summed E-state index contributed by atoms with van der Waals surface area (Å²) in [5.74, 6) is -0.499. The van der Waals surface area contributed by atoms with Gasteiger partial charge < -0.3 is 10.1 Å². The number of carbonyl (C=O) groups is 1. The molecule has 1 amide bonds. The minimum absolute atomic E-state index is 0.0393. The standard InChI is InChI=1S/C17H18F2N2O4S/c1-12-14(8-5-9-15(12)25-17(18)19)21-16(22)10-11-20-26(23,24)13-6-3-2-4-7-13/h2-9,17,20H,10-11H2,1H3,(H,21,22). The van der Waals surface area contributed by atoms with E-state index in [0.717, 1.165) is 0 Å². The van der Waals surface area contributed by atoms with Gasteiger partial charge >= 0.3 is 6.61 Å². The van der Waals surface area contributed by atoms with E-state index in [1.807, 2.05) is 0 Å². The Morgan fingerprint density at radius 2 is 1.81 bits per heavy atom. The molecule has 0 saturated heterocycles. The molecule has 0 fully saturated rings. The Bertz CT molecular complexity index is 858. The van der Waals surface area contributed by atoms with Gasteiger partial charge in [0.1, 0.15) is 5.75 Å². The molecule has 0 aliphatic heterocycles. The maximum atomic E-state index is 12.3. The van der Waals surface area contributed by atoms with Crippen molar-refractivity contribution in [3.8, 4) is 5.75 Å². The fourth-order valence-corrected chi connectivity index (χ4v) is 3.22. The summed E-state index contributed by atoms with van der Waals surface area (Å²) in [6.45, 7) is -1.53. The van der Waals surface area contributed by atoms with Gasteiger partial charge in [-0.05, 0) is 31.2 Å². The molecule has 0 aromatic heterocycles.